The molecule has 23 heavy (non-hydrogen) atoms. The van der Waals surface area contributed by atoms with E-state index in [0.717, 1.165) is 12.8 Å². The first-order valence-corrected chi connectivity index (χ1v) is 7.88. The molecule has 0 bridgehead atoms. The van der Waals surface area contributed by atoms with Crippen LogP contribution in [0.1, 0.15) is 29.3 Å². The number of carbonyl (C=O) groups is 1. The van der Waals surface area contributed by atoms with Gasteiger partial charge in [0.15, 0.2) is 0 Å². The highest BCUT2D eigenvalue weighted by Crippen LogP contribution is 2.14. The summed E-state index contributed by atoms with van der Waals surface area (Å²) in [6, 6.07) is 17.4. The molecule has 0 saturated heterocycles. The van der Waals surface area contributed by atoms with E-state index >= 15 is 0 Å². The van der Waals surface area contributed by atoms with Gasteiger partial charge in [0.25, 0.3) is 5.91 Å². The number of amides is 1. The molecule has 0 heterocycles. The molecule has 2 rings (SSSR count). The lowest BCUT2D eigenvalue weighted by molar-refractivity contribution is 0.0923. The first-order valence-electron chi connectivity index (χ1n) is 7.88. The van der Waals surface area contributed by atoms with E-state index in [-0.39, 0.29) is 12.5 Å². The van der Waals surface area contributed by atoms with Crippen molar-refractivity contribution in [1.82, 2.24) is 5.32 Å². The van der Waals surface area contributed by atoms with E-state index in [4.69, 9.17) is 4.74 Å². The summed E-state index contributed by atoms with van der Waals surface area (Å²) in [6.45, 7) is 2.47. The molecule has 2 aromatic carbocycles. The van der Waals surface area contributed by atoms with Gasteiger partial charge in [-0.15, -0.1) is 0 Å². The van der Waals surface area contributed by atoms with Gasteiger partial charge in [-0.2, -0.15) is 0 Å². The van der Waals surface area contributed by atoms with E-state index in [2.05, 4.69) is 17.4 Å². The van der Waals surface area contributed by atoms with Crippen LogP contribution in [0, 0.1) is 0 Å². The summed E-state index contributed by atoms with van der Waals surface area (Å²) in [5.41, 5.74) is 1.83. The quantitative estimate of drug-likeness (QED) is 0.737. The van der Waals surface area contributed by atoms with Crippen molar-refractivity contribution < 1.29 is 14.6 Å². The standard InChI is InChI=1S/C19H23NO3/c1-15(21)14-20-19(22)17-10-5-11-18(13-17)23-12-6-9-16-7-3-2-4-8-16/h2-5,7-8,10-11,13,15,21H,6,9,12,14H2,1H3,(H,20,22)/t15-/m1/s1. The van der Waals surface area contributed by atoms with Crippen molar-refractivity contribution in [2.24, 2.45) is 0 Å². The van der Waals surface area contributed by atoms with Gasteiger partial charge in [-0.3, -0.25) is 4.79 Å². The van der Waals surface area contributed by atoms with Crippen LogP contribution >= 0.6 is 0 Å². The molecular formula is C19H23NO3. The normalized spacial score (nSPS) is 11.7. The highest BCUT2D eigenvalue weighted by atomic mass is 16.5. The van der Waals surface area contributed by atoms with Gasteiger partial charge in [0.05, 0.1) is 12.7 Å². The summed E-state index contributed by atoms with van der Waals surface area (Å²) >= 11 is 0. The second kappa shape index (κ2) is 8.96. The van der Waals surface area contributed by atoms with Gasteiger partial charge in [-0.1, -0.05) is 36.4 Å². The van der Waals surface area contributed by atoms with Crippen LogP contribution in [0.25, 0.3) is 0 Å². The molecule has 4 nitrogen and oxygen atoms in total. The molecule has 2 aromatic rings. The lowest BCUT2D eigenvalue weighted by Gasteiger charge is -2.09. The van der Waals surface area contributed by atoms with E-state index < -0.39 is 6.10 Å². The van der Waals surface area contributed by atoms with E-state index in [0.29, 0.717) is 17.9 Å². The maximum absolute atomic E-state index is 11.9. The van der Waals surface area contributed by atoms with Crippen LogP contribution in [0.2, 0.25) is 0 Å². The van der Waals surface area contributed by atoms with Crippen LogP contribution in [-0.2, 0) is 6.42 Å². The van der Waals surface area contributed by atoms with Crippen molar-refractivity contribution in [2.75, 3.05) is 13.2 Å². The minimum absolute atomic E-state index is 0.208. The molecule has 0 aromatic heterocycles. The van der Waals surface area contributed by atoms with Gasteiger partial charge in [0, 0.05) is 12.1 Å². The van der Waals surface area contributed by atoms with Crippen LogP contribution in [0.4, 0.5) is 0 Å². The fourth-order valence-electron chi connectivity index (χ4n) is 2.18. The predicted octanol–water partition coefficient (Wildman–Crippen LogP) is 2.81. The molecule has 0 radical (unpaired) electrons. The maximum Gasteiger partial charge on any atom is 0.251 e. The molecule has 1 atom stereocenters. The minimum atomic E-state index is -0.559. The van der Waals surface area contributed by atoms with Crippen molar-refractivity contribution in [2.45, 2.75) is 25.9 Å². The van der Waals surface area contributed by atoms with Crippen molar-refractivity contribution in [1.29, 1.82) is 0 Å². The molecule has 1 amide bonds. The molecular weight excluding hydrogens is 290 g/mol. The summed E-state index contributed by atoms with van der Waals surface area (Å²) < 4.78 is 5.71. The molecule has 122 valence electrons. The zero-order chi connectivity index (χ0) is 16.5. The number of ether oxygens (including phenoxy) is 1. The Bertz CT molecular complexity index is 611. The topological polar surface area (TPSA) is 58.6 Å². The number of aliphatic hydroxyl groups is 1. The van der Waals surface area contributed by atoms with Crippen LogP contribution < -0.4 is 10.1 Å². The molecule has 0 spiro atoms. The van der Waals surface area contributed by atoms with E-state index in [1.54, 1.807) is 25.1 Å². The SMILES string of the molecule is C[C@@H](O)CNC(=O)c1cccc(OCCCc2ccccc2)c1. The molecule has 0 aliphatic heterocycles. The Morgan fingerprint density at radius 3 is 2.70 bits per heavy atom. The zero-order valence-electron chi connectivity index (χ0n) is 13.4. The molecule has 0 fully saturated rings. The van der Waals surface area contributed by atoms with Crippen LogP contribution in [0.5, 0.6) is 5.75 Å². The maximum atomic E-state index is 11.9. The summed E-state index contributed by atoms with van der Waals surface area (Å²) in [5.74, 6) is 0.475. The summed E-state index contributed by atoms with van der Waals surface area (Å²) in [7, 11) is 0. The Labute approximate surface area is 137 Å². The number of benzene rings is 2. The number of rotatable bonds is 8. The van der Waals surface area contributed by atoms with Crippen LogP contribution in [0.15, 0.2) is 54.6 Å². The fraction of sp³-hybridized carbons (Fsp3) is 0.316. The second-order valence-electron chi connectivity index (χ2n) is 5.52. The van der Waals surface area contributed by atoms with E-state index in [1.165, 1.54) is 5.56 Å². The highest BCUT2D eigenvalue weighted by molar-refractivity contribution is 5.94. The first kappa shape index (κ1) is 17.0. The smallest absolute Gasteiger partial charge is 0.251 e. The summed E-state index contributed by atoms with van der Waals surface area (Å²) in [6.07, 6.45) is 1.33. The largest absolute Gasteiger partial charge is 0.494 e. The lowest BCUT2D eigenvalue weighted by atomic mass is 10.1. The Kier molecular flexibility index (Phi) is 6.63. The third-order valence-corrected chi connectivity index (χ3v) is 3.38. The molecule has 0 unspecified atom stereocenters. The minimum Gasteiger partial charge on any atom is -0.494 e. The fourth-order valence-corrected chi connectivity index (χ4v) is 2.18. The lowest BCUT2D eigenvalue weighted by Crippen LogP contribution is -2.30. The van der Waals surface area contributed by atoms with Crippen molar-refractivity contribution in [3.8, 4) is 5.75 Å². The average molecular weight is 313 g/mol. The second-order valence-corrected chi connectivity index (χ2v) is 5.52. The highest BCUT2D eigenvalue weighted by Gasteiger charge is 2.07. The van der Waals surface area contributed by atoms with Gasteiger partial charge >= 0.3 is 0 Å². The van der Waals surface area contributed by atoms with E-state index in [9.17, 15) is 9.90 Å². The number of hydrogen-bond acceptors (Lipinski definition) is 3. The van der Waals surface area contributed by atoms with Gasteiger partial charge in [-0.05, 0) is 43.5 Å². The molecule has 0 aliphatic carbocycles. The summed E-state index contributed by atoms with van der Waals surface area (Å²) in [4.78, 5) is 11.9. The number of aliphatic hydroxyl groups excluding tert-OH is 1. The Morgan fingerprint density at radius 1 is 1.17 bits per heavy atom. The predicted molar refractivity (Wildman–Crippen MR) is 90.7 cm³/mol. The van der Waals surface area contributed by atoms with E-state index in [1.807, 2.05) is 24.3 Å². The molecule has 0 aliphatic rings. The average Bonchev–Trinajstić information content (AvgIpc) is 2.58. The van der Waals surface area contributed by atoms with Crippen LogP contribution in [-0.4, -0.2) is 30.3 Å². The Balaban J connectivity index is 1.79. The van der Waals surface area contributed by atoms with Gasteiger partial charge in [0.2, 0.25) is 0 Å². The van der Waals surface area contributed by atoms with Crippen molar-refractivity contribution in [3.63, 3.8) is 0 Å². The molecule has 2 N–H and O–H groups in total. The third kappa shape index (κ3) is 6.12. The monoisotopic (exact) mass is 313 g/mol. The number of aryl methyl sites for hydroxylation is 1. The van der Waals surface area contributed by atoms with Gasteiger partial charge in [-0.25, -0.2) is 0 Å². The van der Waals surface area contributed by atoms with Crippen LogP contribution in [0.3, 0.4) is 0 Å². The Morgan fingerprint density at radius 2 is 1.96 bits per heavy atom. The molecule has 0 saturated carbocycles. The zero-order valence-corrected chi connectivity index (χ0v) is 13.4. The first-order chi connectivity index (χ1) is 11.1. The van der Waals surface area contributed by atoms with Gasteiger partial charge < -0.3 is 15.2 Å². The number of carbonyl (C=O) groups excluding carboxylic acids is 1. The third-order valence-electron chi connectivity index (χ3n) is 3.38. The summed E-state index contributed by atoms with van der Waals surface area (Å²) in [5, 5.41) is 11.9. The van der Waals surface area contributed by atoms with Gasteiger partial charge in [0.1, 0.15) is 5.75 Å². The number of nitrogens with one attached hydrogen (secondary N) is 1. The van der Waals surface area contributed by atoms with Crippen molar-refractivity contribution >= 4 is 5.91 Å². The Hall–Kier alpha value is -2.33. The molecule has 4 heteroatoms. The van der Waals surface area contributed by atoms with Crippen molar-refractivity contribution in [3.05, 3.63) is 65.7 Å². The number of hydrogen-bond donors (Lipinski definition) is 2.